The molecule has 29 heavy (non-hydrogen) atoms. The van der Waals surface area contributed by atoms with Crippen molar-refractivity contribution < 1.29 is 18.7 Å². The number of hydrogen-bond acceptors (Lipinski definition) is 7. The van der Waals surface area contributed by atoms with Gasteiger partial charge < -0.3 is 24.4 Å². The standard InChI is InChI=1S/C19H28N6O4/c1-12(17-24-21-10-25(17)8-9-28-3)22-18(26)14-4-6-15(7-5-14)23-19(27)16-13(2)29-11-20-16/h10-12,14-15H,4-9H2,1-3H3,(H,22,26)(H,23,27). The summed E-state index contributed by atoms with van der Waals surface area (Å²) in [7, 11) is 1.64. The molecule has 0 spiro atoms. The monoisotopic (exact) mass is 404 g/mol. The highest BCUT2D eigenvalue weighted by molar-refractivity contribution is 5.93. The zero-order valence-electron chi connectivity index (χ0n) is 17.1. The molecule has 2 heterocycles. The van der Waals surface area contributed by atoms with E-state index >= 15 is 0 Å². The Balaban J connectivity index is 1.47. The van der Waals surface area contributed by atoms with Crippen molar-refractivity contribution >= 4 is 11.8 Å². The van der Waals surface area contributed by atoms with Gasteiger partial charge in [-0.15, -0.1) is 10.2 Å². The highest BCUT2D eigenvalue weighted by Crippen LogP contribution is 2.25. The van der Waals surface area contributed by atoms with E-state index in [0.717, 1.165) is 25.7 Å². The molecule has 1 unspecified atom stereocenters. The molecule has 1 aliphatic rings. The number of rotatable bonds is 8. The van der Waals surface area contributed by atoms with Crippen molar-refractivity contribution in [2.24, 2.45) is 5.92 Å². The Morgan fingerprint density at radius 1 is 1.34 bits per heavy atom. The topological polar surface area (TPSA) is 124 Å². The molecule has 0 bridgehead atoms. The summed E-state index contributed by atoms with van der Waals surface area (Å²) in [4.78, 5) is 28.9. The van der Waals surface area contributed by atoms with E-state index in [1.54, 1.807) is 20.4 Å². The van der Waals surface area contributed by atoms with Crippen LogP contribution in [0.25, 0.3) is 0 Å². The molecule has 2 amide bonds. The fraction of sp³-hybridized carbons (Fsp3) is 0.632. The summed E-state index contributed by atoms with van der Waals surface area (Å²) in [6.45, 7) is 4.79. The summed E-state index contributed by atoms with van der Waals surface area (Å²) >= 11 is 0. The number of oxazole rings is 1. The second kappa shape index (κ2) is 9.64. The van der Waals surface area contributed by atoms with Crippen molar-refractivity contribution in [3.05, 3.63) is 30.0 Å². The highest BCUT2D eigenvalue weighted by atomic mass is 16.5. The molecular weight excluding hydrogens is 376 g/mol. The summed E-state index contributed by atoms with van der Waals surface area (Å²) in [6, 6.07) is -0.202. The normalized spacial score (nSPS) is 20.2. The number of amides is 2. The Morgan fingerprint density at radius 2 is 2.10 bits per heavy atom. The smallest absolute Gasteiger partial charge is 0.273 e. The van der Waals surface area contributed by atoms with E-state index in [0.29, 0.717) is 30.4 Å². The molecule has 3 rings (SSSR count). The summed E-state index contributed by atoms with van der Waals surface area (Å²) in [5.74, 6) is 0.918. The molecule has 1 saturated carbocycles. The Morgan fingerprint density at radius 3 is 2.76 bits per heavy atom. The van der Waals surface area contributed by atoms with Crippen LogP contribution in [0.5, 0.6) is 0 Å². The second-order valence-corrected chi connectivity index (χ2v) is 7.38. The SMILES string of the molecule is COCCn1cnnc1C(C)NC(=O)C1CCC(NC(=O)c2ncoc2C)CC1. The van der Waals surface area contributed by atoms with Crippen LogP contribution in [0.1, 0.15) is 60.7 Å². The maximum Gasteiger partial charge on any atom is 0.273 e. The van der Waals surface area contributed by atoms with Gasteiger partial charge in [0.25, 0.3) is 5.91 Å². The molecule has 1 atom stereocenters. The fourth-order valence-electron chi connectivity index (χ4n) is 3.63. The van der Waals surface area contributed by atoms with Crippen LogP contribution in [0.2, 0.25) is 0 Å². The number of methoxy groups -OCH3 is 1. The van der Waals surface area contributed by atoms with Crippen LogP contribution in [0, 0.1) is 12.8 Å². The lowest BCUT2D eigenvalue weighted by Crippen LogP contribution is -2.41. The minimum Gasteiger partial charge on any atom is -0.448 e. The van der Waals surface area contributed by atoms with Crippen LogP contribution >= 0.6 is 0 Å². The van der Waals surface area contributed by atoms with Crippen molar-refractivity contribution in [2.75, 3.05) is 13.7 Å². The number of aromatic nitrogens is 4. The van der Waals surface area contributed by atoms with Crippen molar-refractivity contribution in [2.45, 2.75) is 58.2 Å². The van der Waals surface area contributed by atoms with E-state index in [1.165, 1.54) is 6.39 Å². The quantitative estimate of drug-likeness (QED) is 0.681. The lowest BCUT2D eigenvalue weighted by Gasteiger charge is -2.29. The fourth-order valence-corrected chi connectivity index (χ4v) is 3.63. The number of carbonyl (C=O) groups is 2. The minimum atomic E-state index is -0.241. The van der Waals surface area contributed by atoms with Gasteiger partial charge in [0.2, 0.25) is 5.91 Å². The van der Waals surface area contributed by atoms with Gasteiger partial charge >= 0.3 is 0 Å². The van der Waals surface area contributed by atoms with Crippen molar-refractivity contribution in [3.63, 3.8) is 0 Å². The van der Waals surface area contributed by atoms with Crippen LogP contribution < -0.4 is 10.6 Å². The predicted octanol–water partition coefficient (Wildman–Crippen LogP) is 1.39. The zero-order chi connectivity index (χ0) is 20.8. The van der Waals surface area contributed by atoms with Gasteiger partial charge in [-0.3, -0.25) is 9.59 Å². The molecule has 10 nitrogen and oxygen atoms in total. The van der Waals surface area contributed by atoms with E-state index in [9.17, 15) is 9.59 Å². The molecule has 10 heteroatoms. The van der Waals surface area contributed by atoms with Crippen LogP contribution in [0.15, 0.2) is 17.1 Å². The van der Waals surface area contributed by atoms with Crippen LogP contribution in [0.4, 0.5) is 0 Å². The summed E-state index contributed by atoms with van der Waals surface area (Å²) < 4.78 is 12.1. The number of nitrogens with one attached hydrogen (secondary N) is 2. The molecule has 0 saturated heterocycles. The summed E-state index contributed by atoms with van der Waals surface area (Å²) in [6.07, 6.45) is 5.85. The first-order valence-electron chi connectivity index (χ1n) is 9.87. The Kier molecular flexibility index (Phi) is 6.97. The average Bonchev–Trinajstić information content (AvgIpc) is 3.35. The number of hydrogen-bond donors (Lipinski definition) is 2. The third kappa shape index (κ3) is 5.20. The van der Waals surface area contributed by atoms with Gasteiger partial charge in [0.15, 0.2) is 17.9 Å². The summed E-state index contributed by atoms with van der Waals surface area (Å²) in [5, 5.41) is 14.1. The van der Waals surface area contributed by atoms with Gasteiger partial charge in [-0.25, -0.2) is 4.98 Å². The second-order valence-electron chi connectivity index (χ2n) is 7.38. The number of carbonyl (C=O) groups excluding carboxylic acids is 2. The molecule has 0 aliphatic heterocycles. The maximum atomic E-state index is 12.7. The molecule has 0 radical (unpaired) electrons. The van der Waals surface area contributed by atoms with Crippen molar-refractivity contribution in [1.29, 1.82) is 0 Å². The lowest BCUT2D eigenvalue weighted by atomic mass is 9.85. The van der Waals surface area contributed by atoms with Crippen LogP contribution in [0.3, 0.4) is 0 Å². The highest BCUT2D eigenvalue weighted by Gasteiger charge is 2.29. The first kappa shape index (κ1) is 21.0. The van der Waals surface area contributed by atoms with Gasteiger partial charge in [0.05, 0.1) is 12.6 Å². The molecule has 0 aromatic carbocycles. The Labute approximate surface area is 169 Å². The van der Waals surface area contributed by atoms with Crippen LogP contribution in [-0.4, -0.2) is 51.3 Å². The average molecular weight is 404 g/mol. The van der Waals surface area contributed by atoms with Gasteiger partial charge in [-0.05, 0) is 39.5 Å². The van der Waals surface area contributed by atoms with E-state index in [1.807, 2.05) is 11.5 Å². The van der Waals surface area contributed by atoms with Crippen LogP contribution in [-0.2, 0) is 16.1 Å². The minimum absolute atomic E-state index is 0.0101. The Hall–Kier alpha value is -2.75. The maximum absolute atomic E-state index is 12.7. The molecular formula is C19H28N6O4. The molecule has 158 valence electrons. The largest absolute Gasteiger partial charge is 0.448 e. The van der Waals surface area contributed by atoms with E-state index < -0.39 is 0 Å². The number of nitrogens with zero attached hydrogens (tertiary/aromatic N) is 4. The number of ether oxygens (including phenoxy) is 1. The summed E-state index contributed by atoms with van der Waals surface area (Å²) in [5.41, 5.74) is 0.316. The third-order valence-corrected chi connectivity index (χ3v) is 5.32. The van der Waals surface area contributed by atoms with Gasteiger partial charge in [-0.1, -0.05) is 0 Å². The van der Waals surface area contributed by atoms with E-state index in [4.69, 9.17) is 9.15 Å². The zero-order valence-corrected chi connectivity index (χ0v) is 17.1. The molecule has 2 aromatic rings. The molecule has 2 N–H and O–H groups in total. The van der Waals surface area contributed by atoms with Crippen molar-refractivity contribution in [3.8, 4) is 0 Å². The predicted molar refractivity (Wildman–Crippen MR) is 103 cm³/mol. The first-order chi connectivity index (χ1) is 14.0. The number of aryl methyl sites for hydroxylation is 1. The van der Waals surface area contributed by atoms with Gasteiger partial charge in [0.1, 0.15) is 12.1 Å². The molecule has 1 aliphatic carbocycles. The van der Waals surface area contributed by atoms with Gasteiger partial charge in [0, 0.05) is 25.6 Å². The first-order valence-corrected chi connectivity index (χ1v) is 9.87. The Bertz CT molecular complexity index is 824. The van der Waals surface area contributed by atoms with E-state index in [-0.39, 0.29) is 29.8 Å². The molecule has 2 aromatic heterocycles. The lowest BCUT2D eigenvalue weighted by molar-refractivity contribution is -0.126. The van der Waals surface area contributed by atoms with Crippen molar-refractivity contribution in [1.82, 2.24) is 30.4 Å². The van der Waals surface area contributed by atoms with E-state index in [2.05, 4.69) is 25.8 Å². The molecule has 1 fully saturated rings. The third-order valence-electron chi connectivity index (χ3n) is 5.32. The van der Waals surface area contributed by atoms with Gasteiger partial charge in [-0.2, -0.15) is 0 Å².